The molecule has 1 heterocycles. The number of amides is 1. The summed E-state index contributed by atoms with van der Waals surface area (Å²) in [5.41, 5.74) is 2.41. The van der Waals surface area contributed by atoms with Crippen LogP contribution < -0.4 is 5.32 Å². The Morgan fingerprint density at radius 3 is 2.74 bits per heavy atom. The van der Waals surface area contributed by atoms with Crippen molar-refractivity contribution in [2.45, 2.75) is 46.5 Å². The summed E-state index contributed by atoms with van der Waals surface area (Å²) in [6, 6.07) is 7.06. The largest absolute Gasteiger partial charge is 0.312 e. The number of fused-ring (bicyclic) bond motifs is 1. The molecule has 2 aromatic rings. The lowest BCUT2D eigenvalue weighted by Crippen LogP contribution is -2.28. The summed E-state index contributed by atoms with van der Waals surface area (Å²) in [4.78, 5) is 13.8. The van der Waals surface area contributed by atoms with Crippen LogP contribution in [0.5, 0.6) is 0 Å². The van der Waals surface area contributed by atoms with Gasteiger partial charge in [0.1, 0.15) is 11.1 Å². The Morgan fingerprint density at radius 2 is 2.11 bits per heavy atom. The number of thiophene rings is 1. The zero-order valence-electron chi connectivity index (χ0n) is 15.7. The van der Waals surface area contributed by atoms with Gasteiger partial charge in [0, 0.05) is 10.4 Å². The number of benzene rings is 1. The second-order valence-corrected chi connectivity index (χ2v) is 9.60. The number of nitriles is 1. The molecule has 6 heteroatoms. The van der Waals surface area contributed by atoms with Crippen LogP contribution in [0.15, 0.2) is 18.2 Å². The summed E-state index contributed by atoms with van der Waals surface area (Å²) in [6.07, 6.45) is 4.08. The molecular weight excluding hydrogens is 399 g/mol. The van der Waals surface area contributed by atoms with Gasteiger partial charge in [-0.05, 0) is 54.4 Å². The molecule has 3 rings (SSSR count). The molecule has 0 saturated heterocycles. The Bertz CT molecular complexity index is 927. The van der Waals surface area contributed by atoms with Gasteiger partial charge in [-0.25, -0.2) is 0 Å². The van der Waals surface area contributed by atoms with E-state index < -0.39 is 0 Å². The zero-order chi connectivity index (χ0) is 19.8. The molecule has 1 aromatic heterocycles. The van der Waals surface area contributed by atoms with Crippen LogP contribution in [0.4, 0.5) is 5.00 Å². The van der Waals surface area contributed by atoms with Gasteiger partial charge in [0.15, 0.2) is 0 Å². The number of halogens is 2. The van der Waals surface area contributed by atoms with E-state index in [1.165, 1.54) is 16.2 Å². The molecule has 1 unspecified atom stereocenters. The minimum atomic E-state index is -0.283. The molecule has 0 spiro atoms. The summed E-state index contributed by atoms with van der Waals surface area (Å²) in [5.74, 6) is 0.313. The number of hydrogen-bond donors (Lipinski definition) is 1. The van der Waals surface area contributed by atoms with Gasteiger partial charge in [-0.3, -0.25) is 4.79 Å². The molecule has 0 saturated carbocycles. The van der Waals surface area contributed by atoms with Gasteiger partial charge in [0.25, 0.3) is 5.91 Å². The number of carbonyl (C=O) groups is 1. The molecule has 1 aliphatic rings. The molecule has 1 aliphatic carbocycles. The first-order valence-electron chi connectivity index (χ1n) is 9.07. The van der Waals surface area contributed by atoms with Gasteiger partial charge >= 0.3 is 0 Å². The Kier molecular flexibility index (Phi) is 5.86. The van der Waals surface area contributed by atoms with Crippen LogP contribution in [0, 0.1) is 22.7 Å². The van der Waals surface area contributed by atoms with Crippen molar-refractivity contribution in [3.63, 3.8) is 0 Å². The number of nitrogens with one attached hydrogen (secondary N) is 1. The summed E-state index contributed by atoms with van der Waals surface area (Å²) in [7, 11) is 0. The van der Waals surface area contributed by atoms with E-state index >= 15 is 0 Å². The summed E-state index contributed by atoms with van der Waals surface area (Å²) < 4.78 is 0. The first-order chi connectivity index (χ1) is 12.8. The minimum absolute atomic E-state index is 0.276. The van der Waals surface area contributed by atoms with E-state index in [2.05, 4.69) is 32.2 Å². The molecule has 1 N–H and O–H groups in total. The van der Waals surface area contributed by atoms with Crippen LogP contribution in [0.1, 0.15) is 60.0 Å². The van der Waals surface area contributed by atoms with Crippen LogP contribution in [-0.2, 0) is 12.8 Å². The Balaban J connectivity index is 1.86. The van der Waals surface area contributed by atoms with E-state index in [9.17, 15) is 10.1 Å². The predicted molar refractivity (Wildman–Crippen MR) is 113 cm³/mol. The SMILES string of the molecule is CCC(C)(C)C1CCc2c(sc(NC(=O)c3ccc(Cl)c(Cl)c3)c2C#N)C1. The topological polar surface area (TPSA) is 52.9 Å². The van der Waals surface area contributed by atoms with E-state index in [-0.39, 0.29) is 11.3 Å². The van der Waals surface area contributed by atoms with Crippen molar-refractivity contribution in [3.8, 4) is 6.07 Å². The van der Waals surface area contributed by atoms with Crippen molar-refractivity contribution in [2.75, 3.05) is 5.32 Å². The van der Waals surface area contributed by atoms with Crippen LogP contribution in [-0.4, -0.2) is 5.91 Å². The van der Waals surface area contributed by atoms with Crippen molar-refractivity contribution in [3.05, 3.63) is 49.8 Å². The van der Waals surface area contributed by atoms with Crippen molar-refractivity contribution in [2.24, 2.45) is 11.3 Å². The molecule has 0 fully saturated rings. The predicted octanol–water partition coefficient (Wildman–Crippen LogP) is 6.72. The van der Waals surface area contributed by atoms with Gasteiger partial charge in [-0.2, -0.15) is 5.26 Å². The van der Waals surface area contributed by atoms with Crippen molar-refractivity contribution in [1.82, 2.24) is 0 Å². The first kappa shape index (κ1) is 20.2. The monoisotopic (exact) mass is 420 g/mol. The minimum Gasteiger partial charge on any atom is -0.312 e. The fourth-order valence-electron chi connectivity index (χ4n) is 3.56. The van der Waals surface area contributed by atoms with Crippen molar-refractivity contribution < 1.29 is 4.79 Å². The Morgan fingerprint density at radius 1 is 1.37 bits per heavy atom. The van der Waals surface area contributed by atoms with Crippen molar-refractivity contribution in [1.29, 1.82) is 5.26 Å². The van der Waals surface area contributed by atoms with Crippen LogP contribution in [0.25, 0.3) is 0 Å². The summed E-state index contributed by atoms with van der Waals surface area (Å²) in [5, 5.41) is 13.9. The van der Waals surface area contributed by atoms with E-state index in [1.54, 1.807) is 18.2 Å². The number of carbonyl (C=O) groups excluding carboxylic acids is 1. The van der Waals surface area contributed by atoms with E-state index in [0.29, 0.717) is 32.1 Å². The molecule has 142 valence electrons. The maximum absolute atomic E-state index is 12.6. The average molecular weight is 421 g/mol. The number of rotatable bonds is 4. The van der Waals surface area contributed by atoms with Crippen molar-refractivity contribution >= 4 is 45.4 Å². The second-order valence-electron chi connectivity index (χ2n) is 7.68. The van der Waals surface area contributed by atoms with Gasteiger partial charge in [-0.15, -0.1) is 11.3 Å². The standard InChI is InChI=1S/C21H22Cl2N2OS/c1-4-21(2,3)13-6-7-14-15(11-24)20(27-18(14)10-13)25-19(26)12-5-8-16(22)17(23)9-12/h5,8-9,13H,4,6-7,10H2,1-3H3,(H,25,26). The first-order valence-corrected chi connectivity index (χ1v) is 10.6. The molecule has 0 aliphatic heterocycles. The molecule has 3 nitrogen and oxygen atoms in total. The number of anilines is 1. The third-order valence-electron chi connectivity index (χ3n) is 5.80. The van der Waals surface area contributed by atoms with E-state index in [0.717, 1.165) is 31.2 Å². The van der Waals surface area contributed by atoms with Crippen LogP contribution in [0.3, 0.4) is 0 Å². The lowest BCUT2D eigenvalue weighted by atomic mass is 9.69. The lowest BCUT2D eigenvalue weighted by Gasteiger charge is -2.36. The van der Waals surface area contributed by atoms with Gasteiger partial charge in [0.2, 0.25) is 0 Å². The Labute approximate surface area is 174 Å². The molecule has 27 heavy (non-hydrogen) atoms. The fraction of sp³-hybridized carbons (Fsp3) is 0.429. The van der Waals surface area contributed by atoms with Gasteiger partial charge < -0.3 is 5.32 Å². The maximum atomic E-state index is 12.6. The maximum Gasteiger partial charge on any atom is 0.256 e. The van der Waals surface area contributed by atoms with E-state index in [4.69, 9.17) is 23.2 Å². The molecule has 0 radical (unpaired) electrons. The molecule has 1 aromatic carbocycles. The smallest absolute Gasteiger partial charge is 0.256 e. The third-order valence-corrected chi connectivity index (χ3v) is 7.71. The highest BCUT2D eigenvalue weighted by atomic mass is 35.5. The lowest BCUT2D eigenvalue weighted by molar-refractivity contribution is 0.102. The molecule has 0 bridgehead atoms. The van der Waals surface area contributed by atoms with Crippen LogP contribution >= 0.6 is 34.5 Å². The summed E-state index contributed by atoms with van der Waals surface area (Å²) >= 11 is 13.5. The number of nitrogens with zero attached hydrogens (tertiary/aromatic N) is 1. The molecular formula is C21H22Cl2N2OS. The fourth-order valence-corrected chi connectivity index (χ4v) is 5.13. The average Bonchev–Trinajstić information content (AvgIpc) is 2.99. The normalized spacial score (nSPS) is 16.5. The quantitative estimate of drug-likeness (QED) is 0.596. The number of hydrogen-bond acceptors (Lipinski definition) is 3. The Hall–Kier alpha value is -1.54. The van der Waals surface area contributed by atoms with Gasteiger partial charge in [0.05, 0.1) is 15.6 Å². The molecule has 1 amide bonds. The zero-order valence-corrected chi connectivity index (χ0v) is 18.0. The van der Waals surface area contributed by atoms with Crippen LogP contribution in [0.2, 0.25) is 10.0 Å². The molecule has 1 atom stereocenters. The highest BCUT2D eigenvalue weighted by Gasteiger charge is 2.34. The highest BCUT2D eigenvalue weighted by Crippen LogP contribution is 2.45. The van der Waals surface area contributed by atoms with Gasteiger partial charge in [-0.1, -0.05) is 50.4 Å². The second kappa shape index (κ2) is 7.83. The third kappa shape index (κ3) is 4.01. The summed E-state index contributed by atoms with van der Waals surface area (Å²) in [6.45, 7) is 6.86. The highest BCUT2D eigenvalue weighted by molar-refractivity contribution is 7.16. The van der Waals surface area contributed by atoms with E-state index in [1.807, 2.05) is 0 Å².